The molecule has 1 aliphatic carbocycles. The third-order valence-corrected chi connectivity index (χ3v) is 8.94. The molecule has 0 radical (unpaired) electrons. The van der Waals surface area contributed by atoms with Gasteiger partial charge in [0, 0.05) is 84.4 Å². The number of likely N-dealkylation sites (tertiary alicyclic amines) is 1. The van der Waals surface area contributed by atoms with Crippen molar-refractivity contribution in [3.63, 3.8) is 0 Å². The number of carbonyl (C=O) groups is 2. The molecule has 0 bridgehead atoms. The highest BCUT2D eigenvalue weighted by molar-refractivity contribution is 5.85. The van der Waals surface area contributed by atoms with Gasteiger partial charge in [-0.25, -0.2) is 0 Å². The van der Waals surface area contributed by atoms with Gasteiger partial charge in [0.25, 0.3) is 0 Å². The third kappa shape index (κ3) is 5.66. The molecular formula is C27H38F3N5O4. The molecule has 1 aromatic rings. The zero-order chi connectivity index (χ0) is 27.9. The van der Waals surface area contributed by atoms with Gasteiger partial charge in [0.15, 0.2) is 0 Å². The van der Waals surface area contributed by atoms with E-state index >= 15 is 0 Å². The molecule has 3 fully saturated rings. The van der Waals surface area contributed by atoms with E-state index in [0.717, 1.165) is 25.1 Å². The third-order valence-electron chi connectivity index (χ3n) is 8.94. The summed E-state index contributed by atoms with van der Waals surface area (Å²) in [4.78, 5) is 36.2. The van der Waals surface area contributed by atoms with Crippen molar-refractivity contribution < 1.29 is 32.2 Å². The fraction of sp³-hybridized carbons (Fsp3) is 0.741. The number of rotatable bonds is 6. The molecule has 4 aliphatic rings. The summed E-state index contributed by atoms with van der Waals surface area (Å²) in [5.41, 5.74) is -0.436. The van der Waals surface area contributed by atoms with Crippen LogP contribution in [0.3, 0.4) is 0 Å². The Hall–Kier alpha value is -2.28. The van der Waals surface area contributed by atoms with Gasteiger partial charge in [0.05, 0.1) is 30.2 Å². The standard InChI is InChI=1S/C27H38F3N5O4/c1-33(2)24(36)14-34-13-19-9-20(32-22-5-7-39-15-23(22)38-3)10-26(19,16-34)25(37)35-6-4-21-17(12-35)8-18(11-31-21)27(28,29)30/h8,11,19-20,22-23,32H,4-7,9-10,12-16H2,1-3H3/t19-,20+,22?,23?,26-/m0/s1. The number of fused-ring (bicyclic) bond motifs is 2. The van der Waals surface area contributed by atoms with Gasteiger partial charge >= 0.3 is 6.18 Å². The Labute approximate surface area is 227 Å². The summed E-state index contributed by atoms with van der Waals surface area (Å²) < 4.78 is 51.2. The van der Waals surface area contributed by atoms with Gasteiger partial charge in [0.2, 0.25) is 11.8 Å². The molecule has 1 saturated carbocycles. The van der Waals surface area contributed by atoms with Crippen LogP contribution in [-0.4, -0.2) is 110 Å². The minimum absolute atomic E-state index is 0.0185. The maximum atomic E-state index is 14.3. The molecule has 1 N–H and O–H groups in total. The Morgan fingerprint density at radius 1 is 1.33 bits per heavy atom. The van der Waals surface area contributed by atoms with Crippen LogP contribution in [0.1, 0.15) is 36.1 Å². The van der Waals surface area contributed by atoms with Crippen LogP contribution in [0.2, 0.25) is 0 Å². The van der Waals surface area contributed by atoms with E-state index in [2.05, 4.69) is 15.2 Å². The number of halogens is 3. The molecule has 5 rings (SSSR count). The van der Waals surface area contributed by atoms with Crippen LogP contribution in [0.5, 0.6) is 0 Å². The lowest BCUT2D eigenvalue weighted by Gasteiger charge is -2.38. The maximum Gasteiger partial charge on any atom is 0.417 e. The molecule has 216 valence electrons. The monoisotopic (exact) mass is 553 g/mol. The molecule has 2 saturated heterocycles. The van der Waals surface area contributed by atoms with Crippen molar-refractivity contribution in [3.05, 3.63) is 29.1 Å². The fourth-order valence-corrected chi connectivity index (χ4v) is 6.89. The number of ether oxygens (including phenoxy) is 2. The number of alkyl halides is 3. The second-order valence-electron chi connectivity index (χ2n) is 11.7. The first-order valence-corrected chi connectivity index (χ1v) is 13.6. The van der Waals surface area contributed by atoms with Crippen LogP contribution in [0.15, 0.2) is 12.3 Å². The van der Waals surface area contributed by atoms with Crippen LogP contribution < -0.4 is 5.32 Å². The predicted octanol–water partition coefficient (Wildman–Crippen LogP) is 1.55. The highest BCUT2D eigenvalue weighted by atomic mass is 19.4. The summed E-state index contributed by atoms with van der Waals surface area (Å²) in [6, 6.07) is 1.35. The van der Waals surface area contributed by atoms with E-state index in [1.807, 2.05) is 0 Å². The Kier molecular flexibility index (Phi) is 7.93. The lowest BCUT2D eigenvalue weighted by Crippen LogP contribution is -2.52. The Balaban J connectivity index is 1.36. The molecule has 2 unspecified atom stereocenters. The summed E-state index contributed by atoms with van der Waals surface area (Å²) in [6.45, 7) is 3.04. The maximum absolute atomic E-state index is 14.3. The van der Waals surface area contributed by atoms with Gasteiger partial charge < -0.3 is 24.6 Å². The number of nitrogens with zero attached hydrogens (tertiary/aromatic N) is 4. The number of aromatic nitrogens is 1. The second-order valence-corrected chi connectivity index (χ2v) is 11.7. The van der Waals surface area contributed by atoms with Crippen LogP contribution in [0.25, 0.3) is 0 Å². The number of pyridine rings is 1. The summed E-state index contributed by atoms with van der Waals surface area (Å²) in [6.07, 6.45) is -1.04. The Bertz CT molecular complexity index is 1090. The van der Waals surface area contributed by atoms with Gasteiger partial charge in [-0.3, -0.25) is 19.5 Å². The Morgan fingerprint density at radius 3 is 2.85 bits per heavy atom. The number of amides is 2. The van der Waals surface area contributed by atoms with Crippen LogP contribution in [0, 0.1) is 11.3 Å². The first kappa shape index (κ1) is 28.3. The summed E-state index contributed by atoms with van der Waals surface area (Å²) in [5.74, 6) is -0.00990. The van der Waals surface area contributed by atoms with E-state index in [0.29, 0.717) is 56.9 Å². The molecular weight excluding hydrogens is 515 g/mol. The van der Waals surface area contributed by atoms with Crippen molar-refractivity contribution in [1.82, 2.24) is 25.0 Å². The van der Waals surface area contributed by atoms with Crippen molar-refractivity contribution in [2.24, 2.45) is 11.3 Å². The SMILES string of the molecule is COC1COCCC1N[C@@H]1C[C@H]2CN(CC(=O)N(C)C)C[C@@]2(C(=O)N2CCc3ncc(C(F)(F)F)cc3C2)C1. The van der Waals surface area contributed by atoms with Crippen molar-refractivity contribution in [3.8, 4) is 0 Å². The molecule has 12 heteroatoms. The summed E-state index contributed by atoms with van der Waals surface area (Å²) >= 11 is 0. The van der Waals surface area contributed by atoms with Crippen molar-refractivity contribution in [2.45, 2.75) is 56.6 Å². The highest BCUT2D eigenvalue weighted by Crippen LogP contribution is 2.50. The normalized spacial score (nSPS) is 31.2. The smallest absolute Gasteiger partial charge is 0.379 e. The lowest BCUT2D eigenvalue weighted by atomic mass is 9.78. The first-order valence-electron chi connectivity index (χ1n) is 13.6. The average molecular weight is 554 g/mol. The zero-order valence-corrected chi connectivity index (χ0v) is 22.8. The molecule has 0 spiro atoms. The molecule has 4 heterocycles. The highest BCUT2D eigenvalue weighted by Gasteiger charge is 2.59. The molecule has 2 amide bonds. The van der Waals surface area contributed by atoms with Crippen LogP contribution in [-0.2, 0) is 38.2 Å². The number of nitrogens with one attached hydrogen (secondary N) is 1. The minimum atomic E-state index is -4.49. The zero-order valence-electron chi connectivity index (χ0n) is 22.8. The van der Waals surface area contributed by atoms with Crippen molar-refractivity contribution in [1.29, 1.82) is 0 Å². The average Bonchev–Trinajstić information content (AvgIpc) is 3.41. The van der Waals surface area contributed by atoms with Crippen LogP contribution >= 0.6 is 0 Å². The van der Waals surface area contributed by atoms with Gasteiger partial charge in [-0.05, 0) is 36.8 Å². The van der Waals surface area contributed by atoms with E-state index in [-0.39, 0.29) is 49.0 Å². The van der Waals surface area contributed by atoms with Crippen molar-refractivity contribution >= 4 is 11.8 Å². The summed E-state index contributed by atoms with van der Waals surface area (Å²) in [5, 5.41) is 3.74. The first-order chi connectivity index (χ1) is 18.5. The van der Waals surface area contributed by atoms with E-state index in [4.69, 9.17) is 9.47 Å². The molecule has 39 heavy (non-hydrogen) atoms. The van der Waals surface area contributed by atoms with Gasteiger partial charge in [-0.2, -0.15) is 13.2 Å². The molecule has 3 aliphatic heterocycles. The molecule has 9 nitrogen and oxygen atoms in total. The van der Waals surface area contributed by atoms with E-state index < -0.39 is 17.2 Å². The number of hydrogen-bond acceptors (Lipinski definition) is 7. The van der Waals surface area contributed by atoms with Gasteiger partial charge in [-0.1, -0.05) is 0 Å². The fourth-order valence-electron chi connectivity index (χ4n) is 6.89. The minimum Gasteiger partial charge on any atom is -0.379 e. The van der Waals surface area contributed by atoms with Crippen LogP contribution in [0.4, 0.5) is 13.2 Å². The number of hydrogen-bond donors (Lipinski definition) is 1. The molecule has 1 aromatic heterocycles. The topological polar surface area (TPSA) is 87.2 Å². The van der Waals surface area contributed by atoms with Gasteiger partial charge in [-0.15, -0.1) is 0 Å². The largest absolute Gasteiger partial charge is 0.417 e. The predicted molar refractivity (Wildman–Crippen MR) is 136 cm³/mol. The second kappa shape index (κ2) is 10.9. The molecule has 5 atom stereocenters. The Morgan fingerprint density at radius 2 is 2.13 bits per heavy atom. The lowest BCUT2D eigenvalue weighted by molar-refractivity contribution is -0.144. The quantitative estimate of drug-likeness (QED) is 0.572. The number of carbonyl (C=O) groups excluding carboxylic acids is 2. The van der Waals surface area contributed by atoms with E-state index in [1.165, 1.54) is 0 Å². The van der Waals surface area contributed by atoms with E-state index in [9.17, 15) is 22.8 Å². The number of likely N-dealkylation sites (N-methyl/N-ethyl adjacent to an activating group) is 1. The van der Waals surface area contributed by atoms with Crippen molar-refractivity contribution in [2.75, 3.05) is 60.6 Å². The van der Waals surface area contributed by atoms with E-state index in [1.54, 1.807) is 31.0 Å². The number of methoxy groups -OCH3 is 1. The molecule has 0 aromatic carbocycles. The van der Waals surface area contributed by atoms with Gasteiger partial charge in [0.1, 0.15) is 0 Å². The summed E-state index contributed by atoms with van der Waals surface area (Å²) in [7, 11) is 5.11.